The fourth-order valence-corrected chi connectivity index (χ4v) is 2.12. The van der Waals surface area contributed by atoms with Crippen LogP contribution in [0.5, 0.6) is 5.75 Å². The third-order valence-corrected chi connectivity index (χ3v) is 3.26. The second-order valence-corrected chi connectivity index (χ2v) is 5.14. The Morgan fingerprint density at radius 2 is 2.17 bits per heavy atom. The number of rotatable bonds is 9. The molecule has 0 aromatic carbocycles. The summed E-state index contributed by atoms with van der Waals surface area (Å²) >= 11 is 3.46. The topological polar surface area (TPSA) is 25.4 Å². The minimum atomic E-state index is 0.746. The summed E-state index contributed by atoms with van der Waals surface area (Å²) in [7, 11) is 2.08. The molecule has 0 radical (unpaired) electrons. The molecule has 0 aliphatic rings. The van der Waals surface area contributed by atoms with Crippen molar-refractivity contribution in [1.82, 2.24) is 4.98 Å². The van der Waals surface area contributed by atoms with Gasteiger partial charge in [0.2, 0.25) is 0 Å². The van der Waals surface area contributed by atoms with Crippen molar-refractivity contribution in [3.63, 3.8) is 0 Å². The molecule has 0 unspecified atom stereocenters. The molecule has 1 rings (SSSR count). The summed E-state index contributed by atoms with van der Waals surface area (Å²) in [5.41, 5.74) is 0. The van der Waals surface area contributed by atoms with E-state index in [9.17, 15) is 0 Å². The number of alkyl halides is 1. The molecule has 18 heavy (non-hydrogen) atoms. The van der Waals surface area contributed by atoms with E-state index < -0.39 is 0 Å². The highest BCUT2D eigenvalue weighted by Gasteiger charge is 2.09. The van der Waals surface area contributed by atoms with Crippen molar-refractivity contribution in [3.8, 4) is 5.75 Å². The number of nitrogens with zero attached hydrogens (tertiary/aromatic N) is 2. The van der Waals surface area contributed by atoms with Crippen molar-refractivity contribution >= 4 is 21.7 Å². The van der Waals surface area contributed by atoms with Crippen LogP contribution >= 0.6 is 15.9 Å². The first kappa shape index (κ1) is 15.3. The molecule has 0 atom stereocenters. The molecule has 0 amide bonds. The van der Waals surface area contributed by atoms with E-state index in [0.717, 1.165) is 36.5 Å². The molecule has 0 bridgehead atoms. The zero-order valence-electron chi connectivity index (χ0n) is 11.4. The number of aromatic nitrogens is 1. The van der Waals surface area contributed by atoms with Gasteiger partial charge in [-0.15, -0.1) is 0 Å². The van der Waals surface area contributed by atoms with Gasteiger partial charge in [-0.2, -0.15) is 0 Å². The van der Waals surface area contributed by atoms with Gasteiger partial charge in [0.25, 0.3) is 0 Å². The average molecular weight is 315 g/mol. The first-order valence-corrected chi connectivity index (χ1v) is 7.76. The van der Waals surface area contributed by atoms with Crippen LogP contribution in [0.4, 0.5) is 5.82 Å². The third kappa shape index (κ3) is 5.25. The number of anilines is 1. The van der Waals surface area contributed by atoms with Gasteiger partial charge in [0.1, 0.15) is 0 Å². The first-order valence-electron chi connectivity index (χ1n) is 6.64. The first-order chi connectivity index (χ1) is 8.79. The molecule has 0 saturated carbocycles. The SMILES string of the molecule is CCCOc1cccnc1N(C)CCCCCBr. The van der Waals surface area contributed by atoms with Gasteiger partial charge >= 0.3 is 0 Å². The van der Waals surface area contributed by atoms with Crippen molar-refractivity contribution in [2.75, 3.05) is 30.4 Å². The van der Waals surface area contributed by atoms with Gasteiger partial charge in [-0.25, -0.2) is 4.98 Å². The van der Waals surface area contributed by atoms with E-state index in [1.54, 1.807) is 0 Å². The van der Waals surface area contributed by atoms with E-state index in [2.05, 4.69) is 39.8 Å². The fourth-order valence-electron chi connectivity index (χ4n) is 1.72. The predicted octanol–water partition coefficient (Wildman–Crippen LogP) is 3.87. The molecule has 1 heterocycles. The average Bonchev–Trinajstić information content (AvgIpc) is 2.41. The molecule has 0 spiro atoms. The van der Waals surface area contributed by atoms with Gasteiger partial charge in [0.05, 0.1) is 6.61 Å². The van der Waals surface area contributed by atoms with Crippen molar-refractivity contribution in [2.45, 2.75) is 32.6 Å². The number of pyridine rings is 1. The molecule has 102 valence electrons. The van der Waals surface area contributed by atoms with Crippen LogP contribution in [0.3, 0.4) is 0 Å². The maximum Gasteiger partial charge on any atom is 0.171 e. The lowest BCUT2D eigenvalue weighted by atomic mass is 10.2. The molecule has 0 N–H and O–H groups in total. The Morgan fingerprint density at radius 3 is 2.89 bits per heavy atom. The summed E-state index contributed by atoms with van der Waals surface area (Å²) < 4.78 is 5.72. The summed E-state index contributed by atoms with van der Waals surface area (Å²) in [6.45, 7) is 3.88. The Hall–Kier alpha value is -0.770. The maximum absolute atomic E-state index is 5.72. The van der Waals surface area contributed by atoms with Crippen LogP contribution in [0, 0.1) is 0 Å². The van der Waals surface area contributed by atoms with E-state index in [4.69, 9.17) is 4.74 Å². The molecule has 1 aromatic heterocycles. The minimum Gasteiger partial charge on any atom is -0.490 e. The van der Waals surface area contributed by atoms with Crippen LogP contribution in [-0.4, -0.2) is 30.5 Å². The maximum atomic E-state index is 5.72. The van der Waals surface area contributed by atoms with Crippen LogP contribution in [-0.2, 0) is 0 Å². The third-order valence-electron chi connectivity index (χ3n) is 2.70. The van der Waals surface area contributed by atoms with Crippen LogP contribution in [0.2, 0.25) is 0 Å². The zero-order valence-corrected chi connectivity index (χ0v) is 12.9. The monoisotopic (exact) mass is 314 g/mol. The fraction of sp³-hybridized carbons (Fsp3) is 0.643. The molecular formula is C14H23BrN2O. The van der Waals surface area contributed by atoms with Gasteiger partial charge < -0.3 is 9.64 Å². The Bertz CT molecular complexity index is 333. The van der Waals surface area contributed by atoms with Gasteiger partial charge in [-0.05, 0) is 31.4 Å². The molecule has 0 aliphatic heterocycles. The van der Waals surface area contributed by atoms with Crippen LogP contribution in [0.15, 0.2) is 18.3 Å². The van der Waals surface area contributed by atoms with Crippen LogP contribution in [0.25, 0.3) is 0 Å². The highest BCUT2D eigenvalue weighted by Crippen LogP contribution is 2.24. The van der Waals surface area contributed by atoms with Crippen molar-refractivity contribution in [1.29, 1.82) is 0 Å². The minimum absolute atomic E-state index is 0.746. The standard InChI is InChI=1S/C14H23BrN2O/c1-3-12-18-13-8-7-10-16-14(13)17(2)11-6-4-5-9-15/h7-8,10H,3-6,9,11-12H2,1-2H3. The van der Waals surface area contributed by atoms with Crippen molar-refractivity contribution in [3.05, 3.63) is 18.3 Å². The molecule has 3 nitrogen and oxygen atoms in total. The number of unbranched alkanes of at least 4 members (excludes halogenated alkanes) is 2. The van der Waals surface area contributed by atoms with Crippen LogP contribution in [0.1, 0.15) is 32.6 Å². The summed E-state index contributed by atoms with van der Waals surface area (Å²) in [4.78, 5) is 6.60. The number of ether oxygens (including phenoxy) is 1. The van der Waals surface area contributed by atoms with Gasteiger partial charge in [0.15, 0.2) is 11.6 Å². The molecular weight excluding hydrogens is 292 g/mol. The molecule has 0 saturated heterocycles. The lowest BCUT2D eigenvalue weighted by molar-refractivity contribution is 0.316. The lowest BCUT2D eigenvalue weighted by Crippen LogP contribution is -2.20. The second kappa shape index (κ2) is 9.20. The molecule has 0 fully saturated rings. The highest BCUT2D eigenvalue weighted by atomic mass is 79.9. The smallest absolute Gasteiger partial charge is 0.171 e. The number of hydrogen-bond donors (Lipinski definition) is 0. The van der Waals surface area contributed by atoms with Gasteiger partial charge in [-0.1, -0.05) is 29.3 Å². The normalized spacial score (nSPS) is 10.4. The summed E-state index contributed by atoms with van der Waals surface area (Å²) in [5.74, 6) is 1.84. The van der Waals surface area contributed by atoms with E-state index in [1.165, 1.54) is 19.3 Å². The van der Waals surface area contributed by atoms with Crippen molar-refractivity contribution in [2.24, 2.45) is 0 Å². The number of hydrogen-bond acceptors (Lipinski definition) is 3. The quantitative estimate of drug-likeness (QED) is 0.511. The molecule has 0 aliphatic carbocycles. The predicted molar refractivity (Wildman–Crippen MR) is 80.9 cm³/mol. The van der Waals surface area contributed by atoms with E-state index in [1.807, 2.05) is 18.3 Å². The summed E-state index contributed by atoms with van der Waals surface area (Å²) in [5, 5.41) is 1.09. The number of halogens is 1. The Balaban J connectivity index is 2.52. The molecule has 1 aromatic rings. The van der Waals surface area contributed by atoms with Crippen LogP contribution < -0.4 is 9.64 Å². The lowest BCUT2D eigenvalue weighted by Gasteiger charge is -2.20. The largest absolute Gasteiger partial charge is 0.490 e. The van der Waals surface area contributed by atoms with Gasteiger partial charge in [-0.3, -0.25) is 0 Å². The van der Waals surface area contributed by atoms with E-state index >= 15 is 0 Å². The van der Waals surface area contributed by atoms with E-state index in [0.29, 0.717) is 0 Å². The highest BCUT2D eigenvalue weighted by molar-refractivity contribution is 9.09. The summed E-state index contributed by atoms with van der Waals surface area (Å²) in [6, 6.07) is 3.92. The Labute approximate surface area is 119 Å². The Morgan fingerprint density at radius 1 is 1.33 bits per heavy atom. The zero-order chi connectivity index (χ0) is 13.2. The Kier molecular flexibility index (Phi) is 7.81. The summed E-state index contributed by atoms with van der Waals surface area (Å²) in [6.07, 6.45) is 6.50. The van der Waals surface area contributed by atoms with Gasteiger partial charge in [0, 0.05) is 25.1 Å². The second-order valence-electron chi connectivity index (χ2n) is 4.34. The molecule has 4 heteroatoms. The van der Waals surface area contributed by atoms with Crippen molar-refractivity contribution < 1.29 is 4.74 Å². The van der Waals surface area contributed by atoms with E-state index in [-0.39, 0.29) is 0 Å².